The molecular weight excluding hydrogens is 1200 g/mol. The fraction of sp³-hybridized carbons (Fsp3) is 0. The second kappa shape index (κ2) is 24.5. The number of aromatic nitrogens is 10. The summed E-state index contributed by atoms with van der Waals surface area (Å²) < 4.78 is 0. The van der Waals surface area contributed by atoms with Crippen LogP contribution < -0.4 is 0 Å². The molecule has 10 heteroatoms. The van der Waals surface area contributed by atoms with Crippen molar-refractivity contribution in [3.8, 4) is 101 Å². The Hall–Kier alpha value is -13.4. The average Bonchev–Trinajstić information content (AvgIpc) is 0.753. The van der Waals surface area contributed by atoms with Crippen LogP contribution in [0.3, 0.4) is 0 Å². The molecular formula is C88H54N10. The third kappa shape index (κ3) is 11.0. The summed E-state index contributed by atoms with van der Waals surface area (Å²) in [4.78, 5) is 49.3. The Balaban J connectivity index is 0.000000143. The number of fused-ring (bicyclic) bond motifs is 10. The maximum Gasteiger partial charge on any atom is 0.0978 e. The van der Waals surface area contributed by atoms with E-state index in [-0.39, 0.29) is 0 Å². The molecule has 9 aromatic carbocycles. The van der Waals surface area contributed by atoms with Gasteiger partial charge in [0, 0.05) is 89.5 Å². The zero-order chi connectivity index (χ0) is 64.9. The predicted octanol–water partition coefficient (Wildman–Crippen LogP) is 21.6. The maximum absolute atomic E-state index is 5.27. The van der Waals surface area contributed by atoms with Gasteiger partial charge >= 0.3 is 0 Å². The fourth-order valence-corrected chi connectivity index (χ4v) is 13.2. The van der Waals surface area contributed by atoms with E-state index in [1.54, 1.807) is 12.4 Å². The smallest absolute Gasteiger partial charge is 0.0978 e. The minimum Gasteiger partial charge on any atom is -0.255 e. The SMILES string of the molecule is c1ccc(-c2ccc3cc(-c4ccc5ccc(-c6ccc7ccc(-c8ccccn8)nc7c6)nc5c4)c4ccc(-c5ccccc5)nc4c3n2)cc1.c1ccc(-c2ccc3ccc(-c4ccc5ccc(-c6cccc(-c7ccc8ccc9cccnc9c8n7)c6)cc5n4)cc3n2)nc1. The zero-order valence-electron chi connectivity index (χ0n) is 52.6. The average molecular weight is 1250 g/mol. The van der Waals surface area contributed by atoms with Crippen molar-refractivity contribution in [2.45, 2.75) is 0 Å². The third-order valence-corrected chi connectivity index (χ3v) is 18.2. The third-order valence-electron chi connectivity index (χ3n) is 18.2. The molecule has 10 nitrogen and oxygen atoms in total. The molecule has 10 heterocycles. The van der Waals surface area contributed by atoms with E-state index in [2.05, 4.69) is 233 Å². The number of benzene rings is 9. The standard InChI is InChI=1S/C47H29N5.C41H25N5/c1-3-9-30(10-4-1)39-23-20-36-27-38(37-21-25-40(31-11-5-2-6-12-31)52-47(37)46(36)51-39)34-16-14-32-18-22-41(49-44(32)28-34)35-17-15-33-19-24-43(50-45(33)29-35)42-13-7-8-26-48-42;1-2-21-42-36(8-1)37-20-16-27-10-14-33(25-39(27)45-37)34-18-15-26-9-13-31(24-38(26)44-34)30-5-3-6-32(23-30)35-19-17-29-12-11-28-7-4-22-43-40(28)41(29)46-35/h1-29H;1-25H. The highest BCUT2D eigenvalue weighted by Gasteiger charge is 2.17. The van der Waals surface area contributed by atoms with E-state index in [0.717, 1.165) is 189 Å². The molecule has 0 radical (unpaired) electrons. The highest BCUT2D eigenvalue weighted by Crippen LogP contribution is 2.39. The van der Waals surface area contributed by atoms with E-state index >= 15 is 0 Å². The van der Waals surface area contributed by atoms with Gasteiger partial charge in [-0.15, -0.1) is 0 Å². The van der Waals surface area contributed by atoms with Gasteiger partial charge in [0.25, 0.3) is 0 Å². The normalized spacial score (nSPS) is 11.5. The van der Waals surface area contributed by atoms with Gasteiger partial charge in [-0.1, -0.05) is 194 Å². The number of pyridine rings is 10. The van der Waals surface area contributed by atoms with Crippen molar-refractivity contribution in [3.63, 3.8) is 0 Å². The van der Waals surface area contributed by atoms with E-state index in [1.807, 2.05) is 97.2 Å². The minimum atomic E-state index is 0.848. The van der Waals surface area contributed by atoms with Crippen LogP contribution in [-0.4, -0.2) is 49.8 Å². The molecule has 0 aliphatic rings. The molecule has 0 amide bonds. The molecule has 0 atom stereocenters. The van der Waals surface area contributed by atoms with E-state index in [1.165, 1.54) is 0 Å². The molecule has 0 bridgehead atoms. The van der Waals surface area contributed by atoms with Gasteiger partial charge in [-0.2, -0.15) is 0 Å². The van der Waals surface area contributed by atoms with E-state index in [0.29, 0.717) is 0 Å². The van der Waals surface area contributed by atoms with Crippen LogP contribution in [0.4, 0.5) is 0 Å². The van der Waals surface area contributed by atoms with Crippen molar-refractivity contribution < 1.29 is 0 Å². The molecule has 0 aliphatic carbocycles. The molecule has 0 saturated heterocycles. The molecule has 0 unspecified atom stereocenters. The molecule has 456 valence electrons. The van der Waals surface area contributed by atoms with Crippen LogP contribution in [0.15, 0.2) is 328 Å². The van der Waals surface area contributed by atoms with E-state index < -0.39 is 0 Å². The van der Waals surface area contributed by atoms with Gasteiger partial charge in [-0.05, 0) is 138 Å². The number of rotatable bonds is 9. The highest BCUT2D eigenvalue weighted by atomic mass is 14.8. The molecule has 19 aromatic rings. The van der Waals surface area contributed by atoms with Crippen LogP contribution >= 0.6 is 0 Å². The topological polar surface area (TPSA) is 129 Å². The van der Waals surface area contributed by atoms with E-state index in [9.17, 15) is 0 Å². The van der Waals surface area contributed by atoms with Crippen LogP contribution in [-0.2, 0) is 0 Å². The van der Waals surface area contributed by atoms with Gasteiger partial charge in [0.15, 0.2) is 0 Å². The Bertz CT molecular complexity index is 6310. The first-order chi connectivity index (χ1) is 48.5. The summed E-state index contributed by atoms with van der Waals surface area (Å²) >= 11 is 0. The first-order valence-corrected chi connectivity index (χ1v) is 32.6. The summed E-state index contributed by atoms with van der Waals surface area (Å²) in [5, 5.41) is 8.58. The number of hydrogen-bond acceptors (Lipinski definition) is 10. The second-order valence-electron chi connectivity index (χ2n) is 24.4. The summed E-state index contributed by atoms with van der Waals surface area (Å²) in [6.45, 7) is 0. The predicted molar refractivity (Wildman–Crippen MR) is 400 cm³/mol. The Morgan fingerprint density at radius 1 is 0.163 bits per heavy atom. The second-order valence-corrected chi connectivity index (χ2v) is 24.4. The van der Waals surface area contributed by atoms with Gasteiger partial charge in [-0.3, -0.25) is 15.0 Å². The molecule has 19 rings (SSSR count). The zero-order valence-corrected chi connectivity index (χ0v) is 52.6. The van der Waals surface area contributed by atoms with Crippen LogP contribution in [0.5, 0.6) is 0 Å². The quantitative estimate of drug-likeness (QED) is 0.129. The largest absolute Gasteiger partial charge is 0.255 e. The monoisotopic (exact) mass is 1250 g/mol. The molecule has 0 spiro atoms. The lowest BCUT2D eigenvalue weighted by molar-refractivity contribution is 1.28. The lowest BCUT2D eigenvalue weighted by Gasteiger charge is -2.13. The van der Waals surface area contributed by atoms with E-state index in [4.69, 9.17) is 34.9 Å². The summed E-state index contributed by atoms with van der Waals surface area (Å²) in [5.41, 5.74) is 24.9. The van der Waals surface area contributed by atoms with Crippen molar-refractivity contribution in [1.29, 1.82) is 0 Å². The molecule has 0 fully saturated rings. The first kappa shape index (κ1) is 57.2. The highest BCUT2D eigenvalue weighted by molar-refractivity contribution is 6.12. The van der Waals surface area contributed by atoms with Crippen molar-refractivity contribution in [1.82, 2.24) is 49.8 Å². The summed E-state index contributed by atoms with van der Waals surface area (Å²) in [6.07, 6.45) is 5.41. The van der Waals surface area contributed by atoms with Crippen LogP contribution in [0, 0.1) is 0 Å². The van der Waals surface area contributed by atoms with Gasteiger partial charge in [0.1, 0.15) is 0 Å². The van der Waals surface area contributed by atoms with Gasteiger partial charge in [0.2, 0.25) is 0 Å². The Morgan fingerprint density at radius 2 is 0.531 bits per heavy atom. The van der Waals surface area contributed by atoms with Crippen molar-refractivity contribution >= 4 is 87.2 Å². The van der Waals surface area contributed by atoms with Crippen LogP contribution in [0.25, 0.3) is 189 Å². The fourth-order valence-electron chi connectivity index (χ4n) is 13.2. The lowest BCUT2D eigenvalue weighted by Crippen LogP contribution is -1.94. The van der Waals surface area contributed by atoms with Crippen molar-refractivity contribution in [2.75, 3.05) is 0 Å². The number of nitrogens with zero attached hydrogens (tertiary/aromatic N) is 10. The van der Waals surface area contributed by atoms with Crippen molar-refractivity contribution in [2.24, 2.45) is 0 Å². The molecule has 0 aliphatic heterocycles. The summed E-state index contributed by atoms with van der Waals surface area (Å²) in [7, 11) is 0. The summed E-state index contributed by atoms with van der Waals surface area (Å²) in [5.74, 6) is 0. The minimum absolute atomic E-state index is 0.848. The van der Waals surface area contributed by atoms with Crippen LogP contribution in [0.1, 0.15) is 0 Å². The summed E-state index contributed by atoms with van der Waals surface area (Å²) in [6, 6.07) is 107. The number of hydrogen-bond donors (Lipinski definition) is 0. The van der Waals surface area contributed by atoms with Gasteiger partial charge in [-0.25, -0.2) is 34.9 Å². The lowest BCUT2D eigenvalue weighted by atomic mass is 9.95. The van der Waals surface area contributed by atoms with Crippen molar-refractivity contribution in [3.05, 3.63) is 328 Å². The molecule has 98 heavy (non-hydrogen) atoms. The molecule has 0 saturated carbocycles. The molecule has 0 N–H and O–H groups in total. The Kier molecular flexibility index (Phi) is 14.3. The van der Waals surface area contributed by atoms with Gasteiger partial charge in [0.05, 0.1) is 95.4 Å². The van der Waals surface area contributed by atoms with Gasteiger partial charge < -0.3 is 0 Å². The molecule has 10 aromatic heterocycles. The Labute approximate surface area is 563 Å². The van der Waals surface area contributed by atoms with Crippen LogP contribution in [0.2, 0.25) is 0 Å². The Morgan fingerprint density at radius 3 is 1.10 bits per heavy atom. The first-order valence-electron chi connectivity index (χ1n) is 32.6. The maximum atomic E-state index is 5.27.